The summed E-state index contributed by atoms with van der Waals surface area (Å²) < 4.78 is 29.8. The Bertz CT molecular complexity index is 1120. The molecule has 7 nitrogen and oxygen atoms in total. The Hall–Kier alpha value is -3.07. The van der Waals surface area contributed by atoms with Gasteiger partial charge in [0.15, 0.2) is 5.65 Å². The number of aliphatic hydroxyl groups is 1. The lowest BCUT2D eigenvalue weighted by Gasteiger charge is -2.26. The molecule has 33 heavy (non-hydrogen) atoms. The molecular weight excluding hydrogens is 428 g/mol. The summed E-state index contributed by atoms with van der Waals surface area (Å²) in [7, 11) is 0. The first-order valence-corrected chi connectivity index (χ1v) is 11.5. The van der Waals surface area contributed by atoms with Crippen LogP contribution >= 0.6 is 0 Å². The molecule has 1 aliphatic heterocycles. The van der Waals surface area contributed by atoms with Crippen LogP contribution in [0.25, 0.3) is 5.65 Å². The number of anilines is 1. The molecule has 9 heteroatoms. The van der Waals surface area contributed by atoms with Gasteiger partial charge in [-0.1, -0.05) is 13.3 Å². The number of carbonyl (C=O) groups is 1. The van der Waals surface area contributed by atoms with Crippen molar-refractivity contribution in [1.29, 1.82) is 0 Å². The topological polar surface area (TPSA) is 82.8 Å². The highest BCUT2D eigenvalue weighted by atomic mass is 19.1. The second kappa shape index (κ2) is 10.2. The van der Waals surface area contributed by atoms with Crippen molar-refractivity contribution in [2.45, 2.75) is 57.5 Å². The van der Waals surface area contributed by atoms with Crippen molar-refractivity contribution in [3.05, 3.63) is 59.4 Å². The van der Waals surface area contributed by atoms with Gasteiger partial charge in [0, 0.05) is 31.0 Å². The molecular formula is C24H29F2N5O2. The van der Waals surface area contributed by atoms with Gasteiger partial charge in [-0.25, -0.2) is 18.3 Å². The molecule has 0 aliphatic carbocycles. The number of nitrogens with zero attached hydrogens (tertiary/aromatic N) is 4. The predicted molar refractivity (Wildman–Crippen MR) is 121 cm³/mol. The van der Waals surface area contributed by atoms with E-state index in [9.17, 15) is 13.6 Å². The molecule has 2 atom stereocenters. The molecule has 1 unspecified atom stereocenters. The summed E-state index contributed by atoms with van der Waals surface area (Å²) in [4.78, 5) is 19.6. The summed E-state index contributed by atoms with van der Waals surface area (Å²) >= 11 is 0. The zero-order valence-electron chi connectivity index (χ0n) is 18.7. The van der Waals surface area contributed by atoms with Gasteiger partial charge in [0.1, 0.15) is 23.0 Å². The summed E-state index contributed by atoms with van der Waals surface area (Å²) in [6.45, 7) is 2.79. The van der Waals surface area contributed by atoms with Gasteiger partial charge in [0.2, 0.25) is 0 Å². The number of rotatable bonds is 9. The molecule has 1 amide bonds. The first kappa shape index (κ1) is 23.1. The van der Waals surface area contributed by atoms with Crippen LogP contribution in [0.4, 0.5) is 14.6 Å². The standard InChI is InChI=1S/C24H29F2N5O2/c1-2-5-17(6-4-13-32)28-24(33)19-15-27-31-12-10-22(29-23(19)31)30-11-3-7-21(30)18-14-16(25)8-9-20(18)26/h8-10,12,14-15,17,21,32H,2-7,11,13H2,1H3,(H,28,33)/t17?,21-/m1/s1. The number of nitrogens with one attached hydrogen (secondary N) is 1. The van der Waals surface area contributed by atoms with Crippen molar-refractivity contribution in [3.8, 4) is 0 Å². The summed E-state index contributed by atoms with van der Waals surface area (Å²) in [5, 5.41) is 16.4. The fourth-order valence-electron chi connectivity index (χ4n) is 4.55. The molecule has 2 N–H and O–H groups in total. The fourth-order valence-corrected chi connectivity index (χ4v) is 4.55. The number of hydrogen-bond acceptors (Lipinski definition) is 5. The molecule has 1 aromatic carbocycles. The number of fused-ring (bicyclic) bond motifs is 1. The fraction of sp³-hybridized carbons (Fsp3) is 0.458. The molecule has 4 rings (SSSR count). The lowest BCUT2D eigenvalue weighted by atomic mass is 10.0. The van der Waals surface area contributed by atoms with Crippen molar-refractivity contribution in [1.82, 2.24) is 19.9 Å². The van der Waals surface area contributed by atoms with Crippen molar-refractivity contribution in [3.63, 3.8) is 0 Å². The number of benzene rings is 1. The van der Waals surface area contributed by atoms with E-state index in [1.807, 2.05) is 4.90 Å². The monoisotopic (exact) mass is 457 g/mol. The Morgan fingerprint density at radius 2 is 2.15 bits per heavy atom. The van der Waals surface area contributed by atoms with Gasteiger partial charge in [-0.3, -0.25) is 4.79 Å². The van der Waals surface area contributed by atoms with Crippen LogP contribution in [0, 0.1) is 11.6 Å². The smallest absolute Gasteiger partial charge is 0.256 e. The lowest BCUT2D eigenvalue weighted by Crippen LogP contribution is -2.35. The van der Waals surface area contributed by atoms with E-state index < -0.39 is 11.6 Å². The van der Waals surface area contributed by atoms with Crippen molar-refractivity contribution in [2.75, 3.05) is 18.1 Å². The number of halogens is 2. The molecule has 1 saturated heterocycles. The summed E-state index contributed by atoms with van der Waals surface area (Å²) in [5.74, 6) is -0.586. The highest BCUT2D eigenvalue weighted by Crippen LogP contribution is 2.36. The molecule has 0 bridgehead atoms. The van der Waals surface area contributed by atoms with E-state index in [1.54, 1.807) is 12.3 Å². The van der Waals surface area contributed by atoms with E-state index >= 15 is 0 Å². The van der Waals surface area contributed by atoms with E-state index in [2.05, 4.69) is 17.3 Å². The maximum absolute atomic E-state index is 14.5. The van der Waals surface area contributed by atoms with E-state index in [1.165, 1.54) is 16.8 Å². The highest BCUT2D eigenvalue weighted by Gasteiger charge is 2.30. The maximum atomic E-state index is 14.5. The minimum absolute atomic E-state index is 0.0355. The average molecular weight is 458 g/mol. The van der Waals surface area contributed by atoms with Gasteiger partial charge >= 0.3 is 0 Å². The Morgan fingerprint density at radius 3 is 2.94 bits per heavy atom. The zero-order chi connectivity index (χ0) is 23.4. The molecule has 0 spiro atoms. The van der Waals surface area contributed by atoms with Gasteiger partial charge in [0.05, 0.1) is 12.2 Å². The molecule has 0 radical (unpaired) electrons. The molecule has 0 saturated carbocycles. The summed E-state index contributed by atoms with van der Waals surface area (Å²) in [6.07, 6.45) is 7.77. The highest BCUT2D eigenvalue weighted by molar-refractivity contribution is 5.99. The second-order valence-corrected chi connectivity index (χ2v) is 8.45. The van der Waals surface area contributed by atoms with Gasteiger partial charge in [-0.2, -0.15) is 5.10 Å². The third-order valence-corrected chi connectivity index (χ3v) is 6.15. The Balaban J connectivity index is 1.61. The van der Waals surface area contributed by atoms with E-state index in [-0.39, 0.29) is 24.6 Å². The van der Waals surface area contributed by atoms with Gasteiger partial charge < -0.3 is 15.3 Å². The van der Waals surface area contributed by atoms with Gasteiger partial charge in [0.25, 0.3) is 5.91 Å². The number of carbonyl (C=O) groups excluding carboxylic acids is 1. The maximum Gasteiger partial charge on any atom is 0.256 e. The molecule has 1 fully saturated rings. The lowest BCUT2D eigenvalue weighted by molar-refractivity contribution is 0.0931. The molecule has 3 aromatic rings. The average Bonchev–Trinajstić information content (AvgIpc) is 3.46. The van der Waals surface area contributed by atoms with Crippen LogP contribution in [-0.4, -0.2) is 44.8 Å². The van der Waals surface area contributed by atoms with E-state index in [0.717, 1.165) is 31.4 Å². The first-order chi connectivity index (χ1) is 16.0. The van der Waals surface area contributed by atoms with Gasteiger partial charge in [-0.05, 0) is 56.4 Å². The van der Waals surface area contributed by atoms with Gasteiger partial charge in [-0.15, -0.1) is 0 Å². The Labute approximate surface area is 191 Å². The third kappa shape index (κ3) is 4.98. The number of aliphatic hydroxyl groups excluding tert-OH is 1. The van der Waals surface area contributed by atoms with Crippen LogP contribution in [0.5, 0.6) is 0 Å². The second-order valence-electron chi connectivity index (χ2n) is 8.45. The van der Waals surface area contributed by atoms with E-state index in [0.29, 0.717) is 48.4 Å². The molecule has 1 aliphatic rings. The van der Waals surface area contributed by atoms with Crippen LogP contribution < -0.4 is 10.2 Å². The van der Waals surface area contributed by atoms with Crippen LogP contribution in [-0.2, 0) is 0 Å². The SMILES string of the molecule is CCCC(CCCO)NC(=O)c1cnn2ccc(N3CCC[C@@H]3c3cc(F)ccc3F)nc12. The molecule has 176 valence electrons. The van der Waals surface area contributed by atoms with Crippen molar-refractivity contribution >= 4 is 17.4 Å². The number of hydrogen-bond donors (Lipinski definition) is 2. The van der Waals surface area contributed by atoms with Crippen molar-refractivity contribution < 1.29 is 18.7 Å². The number of aromatic nitrogens is 3. The minimum Gasteiger partial charge on any atom is -0.396 e. The largest absolute Gasteiger partial charge is 0.396 e. The van der Waals surface area contributed by atoms with Crippen LogP contribution in [0.15, 0.2) is 36.7 Å². The summed E-state index contributed by atoms with van der Waals surface area (Å²) in [6, 6.07) is 4.93. The molecule has 2 aromatic heterocycles. The number of amides is 1. The zero-order valence-corrected chi connectivity index (χ0v) is 18.7. The Morgan fingerprint density at radius 1 is 1.30 bits per heavy atom. The first-order valence-electron chi connectivity index (χ1n) is 11.5. The molecule has 3 heterocycles. The van der Waals surface area contributed by atoms with Crippen LogP contribution in [0.1, 0.15) is 67.4 Å². The summed E-state index contributed by atoms with van der Waals surface area (Å²) in [5.41, 5.74) is 1.08. The normalized spacial score (nSPS) is 17.0. The third-order valence-electron chi connectivity index (χ3n) is 6.15. The predicted octanol–water partition coefficient (Wildman–Crippen LogP) is 4.02. The van der Waals surface area contributed by atoms with Crippen molar-refractivity contribution in [2.24, 2.45) is 0 Å². The van der Waals surface area contributed by atoms with Crippen LogP contribution in [0.2, 0.25) is 0 Å². The van der Waals surface area contributed by atoms with E-state index in [4.69, 9.17) is 10.1 Å². The quantitative estimate of drug-likeness (QED) is 0.507. The van der Waals surface area contributed by atoms with Crippen LogP contribution in [0.3, 0.4) is 0 Å². The minimum atomic E-state index is -0.473. The Kier molecular flexibility index (Phi) is 7.17.